The van der Waals surface area contributed by atoms with Gasteiger partial charge in [-0.15, -0.1) is 0 Å². The van der Waals surface area contributed by atoms with Crippen molar-refractivity contribution in [2.75, 3.05) is 6.61 Å². The molecule has 0 amide bonds. The fourth-order valence-corrected chi connectivity index (χ4v) is 4.81. The minimum atomic E-state index is 0.355. The zero-order chi connectivity index (χ0) is 13.7. The molecule has 106 valence electrons. The number of ketones is 1. The summed E-state index contributed by atoms with van der Waals surface area (Å²) in [5, 5.41) is 0. The Hall–Kier alpha value is -0.830. The highest BCUT2D eigenvalue weighted by molar-refractivity contribution is 9.10. The van der Waals surface area contributed by atoms with E-state index in [1.54, 1.807) is 0 Å². The number of fused-ring (bicyclic) bond motifs is 2. The second-order valence-electron chi connectivity index (χ2n) is 6.43. The highest BCUT2D eigenvalue weighted by atomic mass is 79.9. The molecule has 0 N–H and O–H groups in total. The van der Waals surface area contributed by atoms with Crippen LogP contribution in [0.25, 0.3) is 0 Å². The molecule has 4 rings (SSSR count). The van der Waals surface area contributed by atoms with Gasteiger partial charge in [0.1, 0.15) is 11.5 Å². The molecule has 0 aromatic heterocycles. The number of carbonyl (C=O) groups is 1. The molecule has 2 atom stereocenters. The van der Waals surface area contributed by atoms with Crippen LogP contribution in [0.4, 0.5) is 0 Å². The quantitative estimate of drug-likeness (QED) is 0.837. The van der Waals surface area contributed by atoms with E-state index >= 15 is 0 Å². The lowest BCUT2D eigenvalue weighted by Crippen LogP contribution is -2.08. The third-order valence-corrected chi connectivity index (χ3v) is 5.68. The Morgan fingerprint density at radius 1 is 1.25 bits per heavy atom. The van der Waals surface area contributed by atoms with Gasteiger partial charge < -0.3 is 4.74 Å². The molecule has 0 saturated heterocycles. The molecular formula is C17H19BrO2. The van der Waals surface area contributed by atoms with Gasteiger partial charge in [-0.25, -0.2) is 0 Å². The highest BCUT2D eigenvalue weighted by Crippen LogP contribution is 2.56. The van der Waals surface area contributed by atoms with Gasteiger partial charge in [-0.3, -0.25) is 4.79 Å². The Labute approximate surface area is 128 Å². The summed E-state index contributed by atoms with van der Waals surface area (Å²) < 4.78 is 6.80. The van der Waals surface area contributed by atoms with Gasteiger partial charge in [-0.1, -0.05) is 28.8 Å². The number of hydrogen-bond acceptors (Lipinski definition) is 2. The molecule has 3 aliphatic rings. The Morgan fingerprint density at radius 2 is 2.00 bits per heavy atom. The molecule has 20 heavy (non-hydrogen) atoms. The molecule has 2 saturated carbocycles. The first-order valence-corrected chi connectivity index (χ1v) is 8.50. The van der Waals surface area contributed by atoms with Crippen molar-refractivity contribution < 1.29 is 9.53 Å². The van der Waals surface area contributed by atoms with Crippen molar-refractivity contribution in [2.45, 2.75) is 38.5 Å². The monoisotopic (exact) mass is 334 g/mol. The molecule has 0 radical (unpaired) electrons. The number of carbonyl (C=O) groups excluding carboxylic acids is 1. The van der Waals surface area contributed by atoms with Gasteiger partial charge in [-0.05, 0) is 42.4 Å². The minimum absolute atomic E-state index is 0.355. The normalized spacial score (nSPS) is 30.4. The van der Waals surface area contributed by atoms with E-state index < -0.39 is 0 Å². The van der Waals surface area contributed by atoms with E-state index in [2.05, 4.69) is 28.1 Å². The smallest absolute Gasteiger partial charge is 0.141 e. The third kappa shape index (κ3) is 2.11. The second kappa shape index (κ2) is 4.87. The average molecular weight is 335 g/mol. The number of rotatable bonds is 3. The van der Waals surface area contributed by atoms with Gasteiger partial charge in [-0.2, -0.15) is 0 Å². The molecule has 2 nitrogen and oxygen atoms in total. The van der Waals surface area contributed by atoms with Crippen LogP contribution in [0.5, 0.6) is 5.75 Å². The number of benzene rings is 1. The summed E-state index contributed by atoms with van der Waals surface area (Å²) >= 11 is 3.55. The molecular weight excluding hydrogens is 316 g/mol. The highest BCUT2D eigenvalue weighted by Gasteiger charge is 2.54. The summed E-state index contributed by atoms with van der Waals surface area (Å²) in [5.41, 5.74) is 2.33. The predicted molar refractivity (Wildman–Crippen MR) is 81.0 cm³/mol. The fourth-order valence-electron chi connectivity index (χ4n) is 4.25. The molecule has 0 bridgehead atoms. The van der Waals surface area contributed by atoms with E-state index in [4.69, 9.17) is 4.74 Å². The standard InChI is InChI=1S/C17H19BrO2/c18-12-7-10-5-6-20-17(10)11(8-12)9-15(19)16-13-3-1-2-4-14(13)16/h7-8,13-14,16H,1-6,9H2. The Bertz CT molecular complexity index is 554. The molecule has 0 spiro atoms. The zero-order valence-electron chi connectivity index (χ0n) is 11.5. The Kier molecular flexibility index (Phi) is 3.13. The van der Waals surface area contributed by atoms with Crippen LogP contribution in [-0.4, -0.2) is 12.4 Å². The average Bonchev–Trinajstić information content (AvgIpc) is 2.98. The summed E-state index contributed by atoms with van der Waals surface area (Å²) in [6.45, 7) is 0.752. The minimum Gasteiger partial charge on any atom is -0.493 e. The summed E-state index contributed by atoms with van der Waals surface area (Å²) in [7, 11) is 0. The maximum Gasteiger partial charge on any atom is 0.141 e. The number of Topliss-reactive ketones (excluding diaryl/α,β-unsaturated/α-hetero) is 1. The molecule has 1 aliphatic heterocycles. The van der Waals surface area contributed by atoms with Crippen LogP contribution in [0.2, 0.25) is 0 Å². The van der Waals surface area contributed by atoms with Gasteiger partial charge in [0, 0.05) is 28.8 Å². The SMILES string of the molecule is O=C(Cc1cc(Br)cc2c1OCC2)C1C2CCCCC21. The zero-order valence-corrected chi connectivity index (χ0v) is 13.1. The van der Waals surface area contributed by atoms with Crippen LogP contribution in [0, 0.1) is 17.8 Å². The van der Waals surface area contributed by atoms with Crippen molar-refractivity contribution in [1.82, 2.24) is 0 Å². The van der Waals surface area contributed by atoms with Crippen LogP contribution in [-0.2, 0) is 17.6 Å². The molecule has 2 unspecified atom stereocenters. The lowest BCUT2D eigenvalue weighted by Gasteiger charge is -2.08. The van der Waals surface area contributed by atoms with E-state index in [1.807, 2.05) is 0 Å². The summed E-state index contributed by atoms with van der Waals surface area (Å²) in [6, 6.07) is 4.18. The summed E-state index contributed by atoms with van der Waals surface area (Å²) in [4.78, 5) is 12.6. The molecule has 1 heterocycles. The summed E-state index contributed by atoms with van der Waals surface area (Å²) in [5.74, 6) is 3.19. The number of hydrogen-bond donors (Lipinski definition) is 0. The van der Waals surface area contributed by atoms with Crippen LogP contribution in [0.3, 0.4) is 0 Å². The van der Waals surface area contributed by atoms with E-state index in [1.165, 1.54) is 31.2 Å². The van der Waals surface area contributed by atoms with Crippen molar-refractivity contribution in [2.24, 2.45) is 17.8 Å². The first-order valence-electron chi connectivity index (χ1n) is 7.71. The lowest BCUT2D eigenvalue weighted by molar-refractivity contribution is -0.120. The molecule has 2 fully saturated rings. The van der Waals surface area contributed by atoms with Gasteiger partial charge in [0.25, 0.3) is 0 Å². The Morgan fingerprint density at radius 3 is 2.75 bits per heavy atom. The molecule has 1 aromatic rings. The van der Waals surface area contributed by atoms with E-state index in [0.29, 0.717) is 30.0 Å². The largest absolute Gasteiger partial charge is 0.493 e. The van der Waals surface area contributed by atoms with E-state index in [-0.39, 0.29) is 0 Å². The van der Waals surface area contributed by atoms with Gasteiger partial charge >= 0.3 is 0 Å². The number of halogens is 1. The van der Waals surface area contributed by atoms with Crippen molar-refractivity contribution in [1.29, 1.82) is 0 Å². The Balaban J connectivity index is 1.53. The second-order valence-corrected chi connectivity index (χ2v) is 7.35. The van der Waals surface area contributed by atoms with Gasteiger partial charge in [0.15, 0.2) is 0 Å². The van der Waals surface area contributed by atoms with Crippen molar-refractivity contribution >= 4 is 21.7 Å². The van der Waals surface area contributed by atoms with Crippen LogP contribution in [0.1, 0.15) is 36.8 Å². The van der Waals surface area contributed by atoms with Crippen LogP contribution >= 0.6 is 15.9 Å². The van der Waals surface area contributed by atoms with Gasteiger partial charge in [0.2, 0.25) is 0 Å². The molecule has 1 aromatic carbocycles. The van der Waals surface area contributed by atoms with Crippen LogP contribution in [0.15, 0.2) is 16.6 Å². The van der Waals surface area contributed by atoms with Crippen molar-refractivity contribution in [3.63, 3.8) is 0 Å². The van der Waals surface area contributed by atoms with Gasteiger partial charge in [0.05, 0.1) is 6.61 Å². The predicted octanol–water partition coefficient (Wildman–Crippen LogP) is 3.93. The lowest BCUT2D eigenvalue weighted by atomic mass is 10.0. The molecule has 2 aliphatic carbocycles. The maximum atomic E-state index is 12.6. The number of ether oxygens (including phenoxy) is 1. The first kappa shape index (κ1) is 12.9. The topological polar surface area (TPSA) is 26.3 Å². The fraction of sp³-hybridized carbons (Fsp3) is 0.588. The van der Waals surface area contributed by atoms with E-state index in [0.717, 1.165) is 28.8 Å². The van der Waals surface area contributed by atoms with Crippen LogP contribution < -0.4 is 4.74 Å². The third-order valence-electron chi connectivity index (χ3n) is 5.22. The van der Waals surface area contributed by atoms with Crippen molar-refractivity contribution in [3.8, 4) is 5.75 Å². The molecule has 3 heteroatoms. The summed E-state index contributed by atoms with van der Waals surface area (Å²) in [6.07, 6.45) is 6.70. The maximum absolute atomic E-state index is 12.6. The first-order chi connectivity index (χ1) is 9.74. The van der Waals surface area contributed by atoms with Crippen molar-refractivity contribution in [3.05, 3.63) is 27.7 Å². The van der Waals surface area contributed by atoms with E-state index in [9.17, 15) is 4.79 Å².